The Kier molecular flexibility index (Phi) is 5.01. The van der Waals surface area contributed by atoms with Crippen LogP contribution in [0, 0.1) is 18.7 Å². The van der Waals surface area contributed by atoms with Gasteiger partial charge in [0.05, 0.1) is 23.4 Å². The van der Waals surface area contributed by atoms with Gasteiger partial charge in [-0.3, -0.25) is 14.2 Å². The fourth-order valence-electron chi connectivity index (χ4n) is 3.75. The number of carbonyl (C=O) groups excluding carboxylic acids is 1. The molecule has 4 aromatic heterocycles. The first kappa shape index (κ1) is 20.9. The highest BCUT2D eigenvalue weighted by molar-refractivity contribution is 7.12. The Morgan fingerprint density at radius 1 is 1.33 bits per heavy atom. The van der Waals surface area contributed by atoms with Crippen molar-refractivity contribution < 1.29 is 23.6 Å². The van der Waals surface area contributed by atoms with Gasteiger partial charge in [-0.25, -0.2) is 19.2 Å². The molecule has 1 saturated heterocycles. The zero-order valence-electron chi connectivity index (χ0n) is 17.2. The van der Waals surface area contributed by atoms with Crippen molar-refractivity contribution in [3.63, 3.8) is 0 Å². The Morgan fingerprint density at radius 2 is 2.12 bits per heavy atom. The van der Waals surface area contributed by atoms with Crippen LogP contribution in [0.1, 0.15) is 21.8 Å². The highest BCUT2D eigenvalue weighted by atomic mass is 32.1. The van der Waals surface area contributed by atoms with Gasteiger partial charge in [-0.1, -0.05) is 5.16 Å². The molecule has 5 heterocycles. The molecule has 0 radical (unpaired) electrons. The molecular formula is C21H16FN5O5S. The molecule has 1 aliphatic heterocycles. The van der Waals surface area contributed by atoms with Crippen LogP contribution < -0.4 is 10.3 Å². The topological polar surface area (TPSA) is 131 Å². The molecule has 0 aromatic carbocycles. The van der Waals surface area contributed by atoms with Crippen LogP contribution in [0.3, 0.4) is 0 Å². The first-order valence-electron chi connectivity index (χ1n) is 9.90. The summed E-state index contributed by atoms with van der Waals surface area (Å²) < 4.78 is 21.3. The molecule has 1 aliphatic rings. The van der Waals surface area contributed by atoms with E-state index in [1.165, 1.54) is 22.1 Å². The van der Waals surface area contributed by atoms with Gasteiger partial charge in [0.15, 0.2) is 22.4 Å². The van der Waals surface area contributed by atoms with Gasteiger partial charge < -0.3 is 14.5 Å². The number of Topliss-reactive ketones (excluding diaryl/α,β-unsaturated/α-hetero) is 1. The summed E-state index contributed by atoms with van der Waals surface area (Å²) in [6.07, 6.45) is 2.80. The van der Waals surface area contributed by atoms with Crippen LogP contribution in [0.15, 0.2) is 39.2 Å². The summed E-state index contributed by atoms with van der Waals surface area (Å²) in [5, 5.41) is 15.1. The second-order valence-corrected chi connectivity index (χ2v) is 8.57. The smallest absolute Gasteiger partial charge is 0.341 e. The molecular weight excluding hydrogens is 453 g/mol. The number of thiazole rings is 1. The zero-order chi connectivity index (χ0) is 23.3. The van der Waals surface area contributed by atoms with Gasteiger partial charge in [-0.2, -0.15) is 0 Å². The zero-order valence-corrected chi connectivity index (χ0v) is 18.0. The van der Waals surface area contributed by atoms with Crippen molar-refractivity contribution in [3.05, 3.63) is 63.0 Å². The minimum Gasteiger partial charge on any atom is -0.477 e. The van der Waals surface area contributed by atoms with Gasteiger partial charge in [-0.15, -0.1) is 11.3 Å². The van der Waals surface area contributed by atoms with E-state index >= 15 is 0 Å². The van der Waals surface area contributed by atoms with E-state index in [1.807, 2.05) is 0 Å². The van der Waals surface area contributed by atoms with Crippen LogP contribution in [0.5, 0.6) is 0 Å². The van der Waals surface area contributed by atoms with Crippen molar-refractivity contribution in [1.29, 1.82) is 0 Å². The Labute approximate surface area is 188 Å². The molecule has 0 bridgehead atoms. The van der Waals surface area contributed by atoms with E-state index in [-0.39, 0.29) is 48.1 Å². The van der Waals surface area contributed by atoms with E-state index in [1.54, 1.807) is 23.3 Å². The summed E-state index contributed by atoms with van der Waals surface area (Å²) in [6, 6.07) is 2.69. The van der Waals surface area contributed by atoms with Crippen molar-refractivity contribution in [2.75, 3.05) is 18.0 Å². The largest absolute Gasteiger partial charge is 0.477 e. The SMILES string of the molecule is Cc1cc(CC(=O)C2CN(c3nc4c(cc3F)c(=O)c(C(=O)O)cn4-c3nccs3)C2)no1. The number of carboxylic acids is 1. The van der Waals surface area contributed by atoms with Gasteiger partial charge in [0.2, 0.25) is 5.43 Å². The summed E-state index contributed by atoms with van der Waals surface area (Å²) in [6.45, 7) is 2.27. The number of ketones is 1. The minimum atomic E-state index is -1.43. The molecule has 33 heavy (non-hydrogen) atoms. The molecule has 168 valence electrons. The first-order valence-corrected chi connectivity index (χ1v) is 10.8. The van der Waals surface area contributed by atoms with Crippen LogP contribution in [-0.4, -0.2) is 49.6 Å². The second kappa shape index (κ2) is 7.89. The summed E-state index contributed by atoms with van der Waals surface area (Å²) in [7, 11) is 0. The lowest BCUT2D eigenvalue weighted by atomic mass is 9.92. The lowest BCUT2D eigenvalue weighted by Crippen LogP contribution is -2.51. The number of fused-ring (bicyclic) bond motifs is 1. The lowest BCUT2D eigenvalue weighted by molar-refractivity contribution is -0.123. The first-order chi connectivity index (χ1) is 15.8. The van der Waals surface area contributed by atoms with E-state index in [4.69, 9.17) is 4.52 Å². The van der Waals surface area contributed by atoms with Gasteiger partial charge in [0.1, 0.15) is 17.1 Å². The fourth-order valence-corrected chi connectivity index (χ4v) is 4.37. The van der Waals surface area contributed by atoms with Crippen LogP contribution in [-0.2, 0) is 11.2 Å². The van der Waals surface area contributed by atoms with Crippen molar-refractivity contribution in [1.82, 2.24) is 19.7 Å². The molecule has 1 fully saturated rings. The highest BCUT2D eigenvalue weighted by Crippen LogP contribution is 2.29. The lowest BCUT2D eigenvalue weighted by Gasteiger charge is -2.39. The number of rotatable bonds is 6. The summed E-state index contributed by atoms with van der Waals surface area (Å²) >= 11 is 1.21. The fraction of sp³-hybridized carbons (Fsp3) is 0.238. The van der Waals surface area contributed by atoms with Gasteiger partial charge >= 0.3 is 5.97 Å². The van der Waals surface area contributed by atoms with Crippen LogP contribution >= 0.6 is 11.3 Å². The number of aromatic carboxylic acids is 1. The molecule has 0 saturated carbocycles. The number of aryl methyl sites for hydroxylation is 1. The summed E-state index contributed by atoms with van der Waals surface area (Å²) in [4.78, 5) is 46.8. The monoisotopic (exact) mass is 469 g/mol. The van der Waals surface area contributed by atoms with Gasteiger partial charge in [-0.05, 0) is 13.0 Å². The number of carboxylic acid groups (broad SMARTS) is 1. The molecule has 0 aliphatic carbocycles. The summed E-state index contributed by atoms with van der Waals surface area (Å²) in [5.41, 5.74) is -0.705. The maximum Gasteiger partial charge on any atom is 0.341 e. The molecule has 10 nitrogen and oxygen atoms in total. The number of carbonyl (C=O) groups is 2. The average Bonchev–Trinajstić information content (AvgIpc) is 3.40. The molecule has 0 unspecified atom stereocenters. The highest BCUT2D eigenvalue weighted by Gasteiger charge is 2.35. The van der Waals surface area contributed by atoms with Crippen LogP contribution in [0.25, 0.3) is 16.2 Å². The van der Waals surface area contributed by atoms with Gasteiger partial charge in [0, 0.05) is 36.9 Å². The maximum absolute atomic E-state index is 14.9. The van der Waals surface area contributed by atoms with Crippen molar-refractivity contribution in [2.45, 2.75) is 13.3 Å². The molecule has 1 N–H and O–H groups in total. The molecule has 0 spiro atoms. The maximum atomic E-state index is 14.9. The predicted octanol–water partition coefficient (Wildman–Crippen LogP) is 2.22. The van der Waals surface area contributed by atoms with Gasteiger partial charge in [0.25, 0.3) is 0 Å². The molecule has 4 aromatic rings. The number of nitrogens with zero attached hydrogens (tertiary/aromatic N) is 5. The number of hydrogen-bond acceptors (Lipinski definition) is 9. The molecule has 5 rings (SSSR count). The third-order valence-electron chi connectivity index (χ3n) is 5.44. The Hall–Kier alpha value is -3.93. The molecule has 0 atom stereocenters. The number of aromatic nitrogens is 4. The molecule has 12 heteroatoms. The van der Waals surface area contributed by atoms with E-state index in [2.05, 4.69) is 15.1 Å². The Bertz CT molecular complexity index is 1460. The summed E-state index contributed by atoms with van der Waals surface area (Å²) in [5.74, 6) is -1.95. The third-order valence-corrected chi connectivity index (χ3v) is 6.21. The van der Waals surface area contributed by atoms with E-state index in [0.29, 0.717) is 16.6 Å². The van der Waals surface area contributed by atoms with Crippen molar-refractivity contribution in [3.8, 4) is 5.13 Å². The number of hydrogen-bond donors (Lipinski definition) is 1. The van der Waals surface area contributed by atoms with E-state index in [9.17, 15) is 23.9 Å². The minimum absolute atomic E-state index is 0.0170. The number of pyridine rings is 2. The normalized spacial score (nSPS) is 13.9. The number of halogens is 1. The Balaban J connectivity index is 1.48. The van der Waals surface area contributed by atoms with E-state index in [0.717, 1.165) is 12.3 Å². The quantitative estimate of drug-likeness (QED) is 0.451. The molecule has 0 amide bonds. The van der Waals surface area contributed by atoms with Crippen molar-refractivity contribution in [2.24, 2.45) is 5.92 Å². The Morgan fingerprint density at radius 3 is 2.76 bits per heavy atom. The van der Waals surface area contributed by atoms with Crippen molar-refractivity contribution >= 4 is 39.9 Å². The predicted molar refractivity (Wildman–Crippen MR) is 116 cm³/mol. The van der Waals surface area contributed by atoms with Crippen LogP contribution in [0.2, 0.25) is 0 Å². The third kappa shape index (κ3) is 3.67. The van der Waals surface area contributed by atoms with E-state index < -0.39 is 22.8 Å². The van der Waals surface area contributed by atoms with Crippen LogP contribution in [0.4, 0.5) is 10.2 Å². The standard InChI is InChI=1S/C21H16FN5O5S/c1-10-4-12(25-32-10)5-16(28)11-7-26(8-11)19-15(22)6-13-17(29)14(20(30)31)9-27(18(13)24-19)21-23-2-3-33-21/h2-4,6,9,11H,5,7-8H2,1H3,(H,30,31). The number of anilines is 1. The second-order valence-electron chi connectivity index (χ2n) is 7.70. The average molecular weight is 469 g/mol.